The number of rotatable bonds is 5. The van der Waals surface area contributed by atoms with Gasteiger partial charge < -0.3 is 5.73 Å². The van der Waals surface area contributed by atoms with Gasteiger partial charge in [0, 0.05) is 6.54 Å². The summed E-state index contributed by atoms with van der Waals surface area (Å²) >= 11 is 0. The van der Waals surface area contributed by atoms with Crippen molar-refractivity contribution in [2.24, 2.45) is 5.73 Å². The van der Waals surface area contributed by atoms with E-state index in [1.54, 1.807) is 6.92 Å². The molecule has 130 valence electrons. The van der Waals surface area contributed by atoms with E-state index in [4.69, 9.17) is 5.73 Å². The van der Waals surface area contributed by atoms with Crippen molar-refractivity contribution in [1.82, 2.24) is 4.31 Å². The van der Waals surface area contributed by atoms with Crippen molar-refractivity contribution in [1.29, 1.82) is 0 Å². The van der Waals surface area contributed by atoms with Crippen LogP contribution in [-0.4, -0.2) is 18.9 Å². The number of nitrogens with two attached hydrogens (primary N) is 1. The predicted octanol–water partition coefficient (Wildman–Crippen LogP) is 3.47. The lowest BCUT2D eigenvalue weighted by atomic mass is 10.0. The van der Waals surface area contributed by atoms with Crippen LogP contribution < -0.4 is 5.73 Å². The predicted molar refractivity (Wildman–Crippen MR) is 96.7 cm³/mol. The van der Waals surface area contributed by atoms with Gasteiger partial charge in [-0.2, -0.15) is 4.31 Å². The number of nitrogens with zero attached hydrogens (tertiary/aromatic N) is 1. The fourth-order valence-corrected chi connectivity index (χ4v) is 4.39. The minimum absolute atomic E-state index is 0.0652. The van der Waals surface area contributed by atoms with Crippen LogP contribution in [0.25, 0.3) is 10.8 Å². The molecule has 0 aromatic heterocycles. The van der Waals surface area contributed by atoms with Gasteiger partial charge in [-0.15, -0.1) is 0 Å². The molecule has 0 fully saturated rings. The largest absolute Gasteiger partial charge is 0.315 e. The Morgan fingerprint density at radius 2 is 1.64 bits per heavy atom. The van der Waals surface area contributed by atoms with E-state index in [-0.39, 0.29) is 11.4 Å². The van der Waals surface area contributed by atoms with E-state index < -0.39 is 22.0 Å². The summed E-state index contributed by atoms with van der Waals surface area (Å²) in [6.45, 7) is 1.64. The van der Waals surface area contributed by atoms with Gasteiger partial charge in [-0.05, 0) is 35.4 Å². The monoisotopic (exact) mass is 358 g/mol. The Kier molecular flexibility index (Phi) is 4.85. The Bertz CT molecular complexity index is 998. The SMILES string of the molecule is CC(N)N(Cc1cccc2ccccc12)S(=O)(=O)c1ccccc1F. The second-order valence-corrected chi connectivity index (χ2v) is 7.72. The Balaban J connectivity index is 2.07. The Morgan fingerprint density at radius 3 is 2.36 bits per heavy atom. The fraction of sp³-hybridized carbons (Fsp3) is 0.158. The highest BCUT2D eigenvalue weighted by Crippen LogP contribution is 2.25. The summed E-state index contributed by atoms with van der Waals surface area (Å²) < 4.78 is 41.1. The van der Waals surface area contributed by atoms with Gasteiger partial charge in [0.25, 0.3) is 0 Å². The molecule has 0 radical (unpaired) electrons. The first-order valence-corrected chi connectivity index (χ1v) is 9.34. The molecule has 6 heteroatoms. The minimum atomic E-state index is -4.06. The summed E-state index contributed by atoms with van der Waals surface area (Å²) in [5.41, 5.74) is 6.74. The van der Waals surface area contributed by atoms with Gasteiger partial charge in [-0.3, -0.25) is 0 Å². The molecule has 0 aliphatic rings. The van der Waals surface area contributed by atoms with E-state index in [0.29, 0.717) is 0 Å². The molecule has 0 saturated heterocycles. The first-order valence-electron chi connectivity index (χ1n) is 7.90. The fourth-order valence-electron chi connectivity index (χ4n) is 2.83. The topological polar surface area (TPSA) is 63.4 Å². The highest BCUT2D eigenvalue weighted by molar-refractivity contribution is 7.89. The van der Waals surface area contributed by atoms with Gasteiger partial charge in [0.2, 0.25) is 10.0 Å². The van der Waals surface area contributed by atoms with E-state index in [9.17, 15) is 12.8 Å². The second kappa shape index (κ2) is 6.92. The maximum atomic E-state index is 14.1. The van der Waals surface area contributed by atoms with Crippen molar-refractivity contribution in [2.45, 2.75) is 24.5 Å². The van der Waals surface area contributed by atoms with Crippen LogP contribution in [0.2, 0.25) is 0 Å². The molecular weight excluding hydrogens is 339 g/mol. The maximum Gasteiger partial charge on any atom is 0.247 e. The van der Waals surface area contributed by atoms with Crippen LogP contribution in [0.4, 0.5) is 4.39 Å². The van der Waals surface area contributed by atoms with Crippen LogP contribution in [0.5, 0.6) is 0 Å². The van der Waals surface area contributed by atoms with E-state index in [1.807, 2.05) is 42.5 Å². The van der Waals surface area contributed by atoms with Crippen molar-refractivity contribution in [3.63, 3.8) is 0 Å². The lowest BCUT2D eigenvalue weighted by Crippen LogP contribution is -2.43. The molecule has 25 heavy (non-hydrogen) atoms. The number of sulfonamides is 1. The Labute approximate surface area is 146 Å². The third-order valence-electron chi connectivity index (χ3n) is 4.08. The van der Waals surface area contributed by atoms with Gasteiger partial charge in [0.1, 0.15) is 10.7 Å². The summed E-state index contributed by atoms with van der Waals surface area (Å²) in [5.74, 6) is -0.786. The van der Waals surface area contributed by atoms with Crippen molar-refractivity contribution in [2.75, 3.05) is 0 Å². The summed E-state index contributed by atoms with van der Waals surface area (Å²) in [4.78, 5) is -0.368. The second-order valence-electron chi connectivity index (χ2n) is 5.86. The molecule has 1 atom stereocenters. The van der Waals surface area contributed by atoms with E-state index in [0.717, 1.165) is 26.7 Å². The van der Waals surface area contributed by atoms with E-state index >= 15 is 0 Å². The summed E-state index contributed by atoms with van der Waals surface area (Å²) in [6, 6.07) is 18.7. The van der Waals surface area contributed by atoms with Crippen LogP contribution in [-0.2, 0) is 16.6 Å². The zero-order chi connectivity index (χ0) is 18.0. The Hall–Kier alpha value is -2.28. The average molecular weight is 358 g/mol. The number of benzene rings is 3. The smallest absolute Gasteiger partial charge is 0.247 e. The minimum Gasteiger partial charge on any atom is -0.315 e. The van der Waals surface area contributed by atoms with Crippen LogP contribution in [0.3, 0.4) is 0 Å². The molecule has 0 aliphatic carbocycles. The number of fused-ring (bicyclic) bond motifs is 1. The third kappa shape index (κ3) is 3.42. The van der Waals surface area contributed by atoms with Crippen molar-refractivity contribution in [3.8, 4) is 0 Å². The molecule has 0 spiro atoms. The zero-order valence-corrected chi connectivity index (χ0v) is 14.6. The van der Waals surface area contributed by atoms with Crippen molar-refractivity contribution >= 4 is 20.8 Å². The lowest BCUT2D eigenvalue weighted by molar-refractivity contribution is 0.336. The van der Waals surface area contributed by atoms with Gasteiger partial charge in [-0.25, -0.2) is 12.8 Å². The van der Waals surface area contributed by atoms with E-state index in [1.165, 1.54) is 18.2 Å². The zero-order valence-electron chi connectivity index (χ0n) is 13.8. The molecule has 3 aromatic rings. The highest BCUT2D eigenvalue weighted by Gasteiger charge is 2.30. The quantitative estimate of drug-likeness (QED) is 0.710. The summed E-state index contributed by atoms with van der Waals surface area (Å²) in [5, 5.41) is 1.95. The van der Waals surface area contributed by atoms with Gasteiger partial charge in [0.15, 0.2) is 0 Å². The summed E-state index contributed by atoms with van der Waals surface area (Å²) in [7, 11) is -4.06. The van der Waals surface area contributed by atoms with Gasteiger partial charge in [0.05, 0.1) is 6.17 Å². The summed E-state index contributed by atoms with van der Waals surface area (Å²) in [6.07, 6.45) is -0.802. The van der Waals surface area contributed by atoms with Crippen molar-refractivity contribution in [3.05, 3.63) is 78.1 Å². The molecule has 4 nitrogen and oxygen atoms in total. The first-order chi connectivity index (χ1) is 11.9. The molecule has 2 N–H and O–H groups in total. The number of halogens is 1. The average Bonchev–Trinajstić information content (AvgIpc) is 2.59. The molecule has 0 bridgehead atoms. The van der Waals surface area contributed by atoms with Crippen LogP contribution in [0.1, 0.15) is 12.5 Å². The highest BCUT2D eigenvalue weighted by atomic mass is 32.2. The molecule has 0 heterocycles. The lowest BCUT2D eigenvalue weighted by Gasteiger charge is -2.26. The van der Waals surface area contributed by atoms with E-state index in [2.05, 4.69) is 0 Å². The van der Waals surface area contributed by atoms with Crippen LogP contribution >= 0.6 is 0 Å². The van der Waals surface area contributed by atoms with Crippen molar-refractivity contribution < 1.29 is 12.8 Å². The van der Waals surface area contributed by atoms with Gasteiger partial charge in [-0.1, -0.05) is 54.6 Å². The molecule has 3 aromatic carbocycles. The molecule has 0 amide bonds. The van der Waals surface area contributed by atoms with Crippen LogP contribution in [0, 0.1) is 5.82 Å². The van der Waals surface area contributed by atoms with Gasteiger partial charge >= 0.3 is 0 Å². The molecule has 0 aliphatic heterocycles. The Morgan fingerprint density at radius 1 is 1.00 bits per heavy atom. The molecular formula is C19H19FN2O2S. The molecule has 0 saturated carbocycles. The maximum absolute atomic E-state index is 14.1. The standard InChI is InChI=1S/C19H19FN2O2S/c1-14(21)22(25(23,24)19-12-5-4-11-18(19)20)13-16-9-6-8-15-7-2-3-10-17(15)16/h2-12,14H,13,21H2,1H3. The molecule has 3 rings (SSSR count). The molecule has 1 unspecified atom stereocenters. The number of hydrogen-bond donors (Lipinski definition) is 1. The number of hydrogen-bond acceptors (Lipinski definition) is 3. The first kappa shape index (κ1) is 17.5. The normalized spacial score (nSPS) is 13.3. The third-order valence-corrected chi connectivity index (χ3v) is 6.05. The van der Waals surface area contributed by atoms with Crippen LogP contribution in [0.15, 0.2) is 71.6 Å².